The zero-order chi connectivity index (χ0) is 20.4. The Balaban J connectivity index is 1.72. The van der Waals surface area contributed by atoms with Gasteiger partial charge in [0, 0.05) is 5.69 Å². The number of aromatic nitrogens is 2. The fourth-order valence-corrected chi connectivity index (χ4v) is 4.42. The highest BCUT2D eigenvalue weighted by Gasteiger charge is 2.31. The van der Waals surface area contributed by atoms with Crippen LogP contribution in [0.4, 0.5) is 10.8 Å². The Labute approximate surface area is 178 Å². The largest absolute Gasteiger partial charge is 0.324 e. The van der Waals surface area contributed by atoms with Gasteiger partial charge in [-0.05, 0) is 45.4 Å². The number of guanidine groups is 1. The molecule has 0 bridgehead atoms. The number of benzene rings is 2. The van der Waals surface area contributed by atoms with Gasteiger partial charge in [0.05, 0.1) is 5.04 Å². The van der Waals surface area contributed by atoms with Crippen molar-refractivity contribution in [2.45, 2.75) is 33.1 Å². The Morgan fingerprint density at radius 3 is 2.21 bits per heavy atom. The molecular weight excluding hydrogens is 400 g/mol. The van der Waals surface area contributed by atoms with Crippen LogP contribution in [0, 0.1) is 20.8 Å². The lowest BCUT2D eigenvalue weighted by Gasteiger charge is -2.25. The summed E-state index contributed by atoms with van der Waals surface area (Å²) in [6.45, 7) is 8.10. The van der Waals surface area contributed by atoms with Crippen molar-refractivity contribution in [1.29, 1.82) is 0 Å². The second-order valence-electron chi connectivity index (χ2n) is 6.87. The minimum absolute atomic E-state index is 0.00122. The van der Waals surface area contributed by atoms with E-state index in [2.05, 4.69) is 65.8 Å². The normalized spacial score (nSPS) is 16.8. The second-order valence-corrected chi connectivity index (χ2v) is 9.31. The van der Waals surface area contributed by atoms with Crippen molar-refractivity contribution in [2.75, 3.05) is 5.32 Å². The molecule has 1 N–H and O–H groups in total. The van der Waals surface area contributed by atoms with Gasteiger partial charge in [-0.15, -0.1) is 10.2 Å². The van der Waals surface area contributed by atoms with Crippen LogP contribution in [0.1, 0.15) is 34.0 Å². The van der Waals surface area contributed by atoms with Crippen molar-refractivity contribution in [3.8, 4) is 0 Å². The average Bonchev–Trinajstić information content (AvgIpc) is 3.29. The van der Waals surface area contributed by atoms with Gasteiger partial charge in [-0.25, -0.2) is 5.01 Å². The highest BCUT2D eigenvalue weighted by atomic mass is 32.2. The maximum atomic E-state index is 4.76. The van der Waals surface area contributed by atoms with E-state index in [1.165, 1.54) is 28.0 Å². The molecule has 1 aliphatic heterocycles. The SMILES string of the molecule is CC1=NN(C(=Nc2nnc(C)s2)Nc2ccc(C)cc2)[C@@H](c2ccc(C)cc2)S1. The summed E-state index contributed by atoms with van der Waals surface area (Å²) in [5.41, 5.74) is 4.56. The predicted octanol–water partition coefficient (Wildman–Crippen LogP) is 5.64. The van der Waals surface area contributed by atoms with Gasteiger partial charge in [0.15, 0.2) is 0 Å². The first-order valence-electron chi connectivity index (χ1n) is 9.28. The van der Waals surface area contributed by atoms with E-state index in [1.54, 1.807) is 11.8 Å². The number of rotatable bonds is 3. The van der Waals surface area contributed by atoms with Gasteiger partial charge in [-0.1, -0.05) is 70.6 Å². The molecular formula is C21H22N6S2. The Morgan fingerprint density at radius 1 is 0.931 bits per heavy atom. The molecule has 1 aromatic heterocycles. The van der Waals surface area contributed by atoms with Crippen LogP contribution in [0.5, 0.6) is 0 Å². The maximum Gasteiger partial charge on any atom is 0.234 e. The first-order chi connectivity index (χ1) is 14.0. The number of hydrogen-bond acceptors (Lipinski definition) is 6. The maximum absolute atomic E-state index is 4.76. The van der Waals surface area contributed by atoms with Crippen LogP contribution in [0.15, 0.2) is 58.6 Å². The van der Waals surface area contributed by atoms with E-state index in [4.69, 9.17) is 10.1 Å². The van der Waals surface area contributed by atoms with E-state index in [1.807, 2.05) is 31.0 Å². The molecule has 8 heteroatoms. The topological polar surface area (TPSA) is 65.8 Å². The van der Waals surface area contributed by atoms with Crippen LogP contribution in [-0.4, -0.2) is 26.2 Å². The molecule has 0 spiro atoms. The summed E-state index contributed by atoms with van der Waals surface area (Å²) >= 11 is 3.17. The average molecular weight is 423 g/mol. The molecule has 1 atom stereocenters. The minimum Gasteiger partial charge on any atom is -0.324 e. The van der Waals surface area contributed by atoms with Crippen LogP contribution in [0.25, 0.3) is 0 Å². The quantitative estimate of drug-likeness (QED) is 0.437. The van der Waals surface area contributed by atoms with Crippen molar-refractivity contribution < 1.29 is 0 Å². The summed E-state index contributed by atoms with van der Waals surface area (Å²) in [5.74, 6) is 0.625. The third-order valence-corrected chi connectivity index (χ3v) is 6.21. The number of hydrazone groups is 1. The van der Waals surface area contributed by atoms with E-state index < -0.39 is 0 Å². The molecule has 3 aromatic rings. The zero-order valence-corrected chi connectivity index (χ0v) is 18.4. The van der Waals surface area contributed by atoms with Crippen LogP contribution >= 0.6 is 23.1 Å². The van der Waals surface area contributed by atoms with Gasteiger partial charge < -0.3 is 5.32 Å². The van der Waals surface area contributed by atoms with E-state index in [0.717, 1.165) is 15.7 Å². The molecule has 2 heterocycles. The summed E-state index contributed by atoms with van der Waals surface area (Å²) in [7, 11) is 0. The van der Waals surface area contributed by atoms with Gasteiger partial charge in [-0.3, -0.25) is 0 Å². The Kier molecular flexibility index (Phi) is 5.64. The lowest BCUT2D eigenvalue weighted by Crippen LogP contribution is -2.32. The van der Waals surface area contributed by atoms with Crippen LogP contribution in [-0.2, 0) is 0 Å². The number of thioether (sulfide) groups is 1. The molecule has 29 heavy (non-hydrogen) atoms. The highest BCUT2D eigenvalue weighted by molar-refractivity contribution is 8.14. The van der Waals surface area contributed by atoms with E-state index in [-0.39, 0.29) is 5.37 Å². The lowest BCUT2D eigenvalue weighted by atomic mass is 10.1. The standard InChI is InChI=1S/C21H22N6S2/c1-13-5-9-17(10-6-13)19-27(26-16(4)28-19)20(23-21-25-24-15(3)29-21)22-18-11-7-14(2)8-12-18/h5-12,19H,1-4H3,(H,22,23,25)/t19-/m1/s1. The van der Waals surface area contributed by atoms with Crippen molar-refractivity contribution >= 4 is 44.9 Å². The number of nitrogens with zero attached hydrogens (tertiary/aromatic N) is 5. The van der Waals surface area contributed by atoms with Crippen LogP contribution < -0.4 is 5.32 Å². The summed E-state index contributed by atoms with van der Waals surface area (Å²) in [6.07, 6.45) is 0. The highest BCUT2D eigenvalue weighted by Crippen LogP contribution is 2.40. The molecule has 0 radical (unpaired) electrons. The van der Waals surface area contributed by atoms with E-state index >= 15 is 0 Å². The number of anilines is 1. The Bertz CT molecular complexity index is 1050. The zero-order valence-electron chi connectivity index (χ0n) is 16.7. The van der Waals surface area contributed by atoms with Crippen molar-refractivity contribution in [3.63, 3.8) is 0 Å². The number of aliphatic imine (C=N–C) groups is 1. The monoisotopic (exact) mass is 422 g/mol. The third-order valence-electron chi connectivity index (χ3n) is 4.36. The molecule has 0 saturated heterocycles. The van der Waals surface area contributed by atoms with E-state index in [0.29, 0.717) is 11.1 Å². The molecule has 0 amide bonds. The summed E-state index contributed by atoms with van der Waals surface area (Å²) < 4.78 is 0. The minimum atomic E-state index is 0.00122. The lowest BCUT2D eigenvalue weighted by molar-refractivity contribution is 0.438. The molecule has 2 aromatic carbocycles. The molecule has 0 unspecified atom stereocenters. The number of aryl methyl sites for hydroxylation is 3. The van der Waals surface area contributed by atoms with Gasteiger partial charge in [0.2, 0.25) is 11.1 Å². The van der Waals surface area contributed by atoms with Gasteiger partial charge >= 0.3 is 0 Å². The molecule has 6 nitrogen and oxygen atoms in total. The van der Waals surface area contributed by atoms with Crippen LogP contribution in [0.3, 0.4) is 0 Å². The van der Waals surface area contributed by atoms with Crippen molar-refractivity contribution in [3.05, 3.63) is 70.2 Å². The van der Waals surface area contributed by atoms with E-state index in [9.17, 15) is 0 Å². The molecule has 0 fully saturated rings. The first-order valence-corrected chi connectivity index (χ1v) is 11.0. The molecule has 148 valence electrons. The fourth-order valence-electron chi connectivity index (χ4n) is 2.86. The number of hydrogen-bond donors (Lipinski definition) is 1. The fraction of sp³-hybridized carbons (Fsp3) is 0.238. The number of nitrogens with one attached hydrogen (secondary N) is 1. The van der Waals surface area contributed by atoms with Gasteiger partial charge in [0.1, 0.15) is 10.4 Å². The summed E-state index contributed by atoms with van der Waals surface area (Å²) in [4.78, 5) is 4.76. The second kappa shape index (κ2) is 8.34. The third kappa shape index (κ3) is 4.65. The predicted molar refractivity (Wildman–Crippen MR) is 123 cm³/mol. The molecule has 0 aliphatic carbocycles. The smallest absolute Gasteiger partial charge is 0.234 e. The molecule has 0 saturated carbocycles. The Hall–Kier alpha value is -2.71. The van der Waals surface area contributed by atoms with Crippen molar-refractivity contribution in [2.24, 2.45) is 10.1 Å². The van der Waals surface area contributed by atoms with Gasteiger partial charge in [-0.2, -0.15) is 10.1 Å². The summed E-state index contributed by atoms with van der Waals surface area (Å²) in [6, 6.07) is 16.8. The summed E-state index contributed by atoms with van der Waals surface area (Å²) in [5, 5.41) is 20.9. The Morgan fingerprint density at radius 2 is 1.59 bits per heavy atom. The van der Waals surface area contributed by atoms with Crippen LogP contribution in [0.2, 0.25) is 0 Å². The van der Waals surface area contributed by atoms with Gasteiger partial charge in [0.25, 0.3) is 0 Å². The molecule has 1 aliphatic rings. The van der Waals surface area contributed by atoms with Crippen molar-refractivity contribution in [1.82, 2.24) is 15.2 Å². The molecule has 4 rings (SSSR count). The first kappa shape index (κ1) is 19.6.